The van der Waals surface area contributed by atoms with Gasteiger partial charge >= 0.3 is 23.9 Å². The van der Waals surface area contributed by atoms with Gasteiger partial charge in [0.15, 0.2) is 24.6 Å². The Morgan fingerprint density at radius 2 is 0.810 bits per heavy atom. The van der Waals surface area contributed by atoms with Crippen molar-refractivity contribution in [3.8, 4) is 0 Å². The summed E-state index contributed by atoms with van der Waals surface area (Å²) in [7, 11) is 0. The van der Waals surface area contributed by atoms with Crippen LogP contribution in [0.1, 0.15) is 290 Å². The number of allylic oxidation sites excluding steroid dienone is 10. The minimum Gasteiger partial charge on any atom is -0.479 e. The van der Waals surface area contributed by atoms with Crippen LogP contribution < -0.4 is 0 Å². The average Bonchev–Trinajstić information content (AvgIpc) is 3.47. The molecule has 6 atom stereocenters. The number of carboxylic acid groups (broad SMARTS) is 1. The molecular weight excluding hydrogens is 997 g/mol. The molecule has 0 aromatic heterocycles. The Labute approximate surface area is 481 Å². The first-order valence-corrected chi connectivity index (χ1v) is 32.3. The number of aliphatic hydroxyl groups excluding tert-OH is 2. The predicted molar refractivity (Wildman–Crippen MR) is 322 cm³/mol. The Morgan fingerprint density at radius 3 is 1.27 bits per heavy atom. The molecule has 12 nitrogen and oxygen atoms in total. The van der Waals surface area contributed by atoms with Crippen LogP contribution in [0.4, 0.5) is 0 Å². The number of ether oxygens (including phenoxy) is 5. The summed E-state index contributed by atoms with van der Waals surface area (Å²) in [6.45, 7) is 5.86. The van der Waals surface area contributed by atoms with Gasteiger partial charge in [-0.1, -0.05) is 255 Å². The highest BCUT2D eigenvalue weighted by atomic mass is 16.7. The molecule has 0 saturated carbocycles. The monoisotopic (exact) mass is 1110 g/mol. The first-order valence-electron chi connectivity index (χ1n) is 32.3. The summed E-state index contributed by atoms with van der Waals surface area (Å²) in [5.74, 6) is -3.13. The number of hydrogen-bond donors (Lipinski definition) is 3. The van der Waals surface area contributed by atoms with Crippen molar-refractivity contribution >= 4 is 23.9 Å². The number of aliphatic hydroxyl groups is 2. The summed E-state index contributed by atoms with van der Waals surface area (Å²) in [5.41, 5.74) is 0. The van der Waals surface area contributed by atoms with E-state index in [9.17, 15) is 34.5 Å². The van der Waals surface area contributed by atoms with Gasteiger partial charge in [0.2, 0.25) is 0 Å². The SMILES string of the molecule is CC/C=C\C/C=C\C/C=C\C/C=C\CCCCCCCCC(=O)OCC(COC1OC(C(=O)O)C(O)C(O)C1OC(=O)CCCCCCC/C=C\CCCC)OC(=O)CCCCCCCCCCCCCCCCCCCCC. The van der Waals surface area contributed by atoms with E-state index in [0.29, 0.717) is 19.3 Å². The van der Waals surface area contributed by atoms with Crippen LogP contribution >= 0.6 is 0 Å². The Balaban J connectivity index is 2.64. The van der Waals surface area contributed by atoms with E-state index in [1.165, 1.54) is 109 Å². The quantitative estimate of drug-likeness (QED) is 0.0228. The molecule has 0 radical (unpaired) electrons. The first-order chi connectivity index (χ1) is 38.6. The van der Waals surface area contributed by atoms with Crippen molar-refractivity contribution in [3.05, 3.63) is 60.8 Å². The lowest BCUT2D eigenvalue weighted by atomic mass is 9.98. The summed E-state index contributed by atoms with van der Waals surface area (Å²) in [4.78, 5) is 51.2. The molecule has 0 amide bonds. The minimum absolute atomic E-state index is 0.0493. The molecule has 1 rings (SSSR count). The molecule has 0 aromatic rings. The summed E-state index contributed by atoms with van der Waals surface area (Å²) >= 11 is 0. The Bertz CT molecular complexity index is 1600. The molecule has 12 heteroatoms. The first kappa shape index (κ1) is 73.4. The van der Waals surface area contributed by atoms with Crippen molar-refractivity contribution in [2.24, 2.45) is 0 Å². The van der Waals surface area contributed by atoms with Crippen molar-refractivity contribution < 1.29 is 58.2 Å². The molecule has 3 N–H and O–H groups in total. The molecular formula is C67H116O12. The largest absolute Gasteiger partial charge is 0.479 e. The number of hydrogen-bond acceptors (Lipinski definition) is 11. The number of carboxylic acids is 1. The van der Waals surface area contributed by atoms with Crippen LogP contribution in [0.5, 0.6) is 0 Å². The standard InChI is InChI=1S/C67H116O12/c1-4-7-10-13-16-19-22-24-26-28-30-32-34-36-39-41-44-47-50-53-59(68)75-56-58(77-60(69)54-51-48-45-43-40-37-35-33-31-29-27-25-23-20-17-14-11-8-5-2)57-76-67-65(63(72)62(71)64(79-67)66(73)74)78-61(70)55-52-49-46-42-38-21-18-15-12-9-6-3/h7,10,15-16,18-19,24,26,30,32,58,62-65,67,71-72H,4-6,8-9,11-14,17,20-23,25,27-29,31,33-57H2,1-3H3,(H,73,74)/b10-7-,18-15-,19-16-,26-24-,32-30-. The molecule has 1 heterocycles. The second-order valence-electron chi connectivity index (χ2n) is 22.0. The van der Waals surface area contributed by atoms with E-state index in [1.807, 2.05) is 0 Å². The van der Waals surface area contributed by atoms with Crippen LogP contribution in [0.15, 0.2) is 60.8 Å². The molecule has 79 heavy (non-hydrogen) atoms. The third-order valence-electron chi connectivity index (χ3n) is 14.6. The lowest BCUT2D eigenvalue weighted by Gasteiger charge is -2.40. The molecule has 6 unspecified atom stereocenters. The molecule has 1 aliphatic rings. The van der Waals surface area contributed by atoms with Gasteiger partial charge in [-0.25, -0.2) is 4.79 Å². The van der Waals surface area contributed by atoms with E-state index < -0.39 is 67.3 Å². The van der Waals surface area contributed by atoms with E-state index in [2.05, 4.69) is 81.5 Å². The number of aliphatic carboxylic acids is 1. The molecule has 1 saturated heterocycles. The van der Waals surface area contributed by atoms with Gasteiger partial charge in [0.05, 0.1) is 6.61 Å². The van der Waals surface area contributed by atoms with Gasteiger partial charge in [-0.3, -0.25) is 14.4 Å². The van der Waals surface area contributed by atoms with Crippen LogP contribution in [-0.2, 0) is 42.9 Å². The Hall–Kier alpha value is -3.58. The molecule has 456 valence electrons. The van der Waals surface area contributed by atoms with E-state index in [0.717, 1.165) is 122 Å². The maximum atomic E-state index is 13.2. The zero-order valence-corrected chi connectivity index (χ0v) is 50.4. The van der Waals surface area contributed by atoms with Gasteiger partial charge in [-0.2, -0.15) is 0 Å². The van der Waals surface area contributed by atoms with Crippen molar-refractivity contribution in [2.75, 3.05) is 13.2 Å². The predicted octanol–water partition coefficient (Wildman–Crippen LogP) is 17.1. The highest BCUT2D eigenvalue weighted by molar-refractivity contribution is 5.74. The lowest BCUT2D eigenvalue weighted by Crippen LogP contribution is -2.61. The maximum absolute atomic E-state index is 13.2. The number of carbonyl (C=O) groups is 4. The van der Waals surface area contributed by atoms with Crippen LogP contribution in [0, 0.1) is 0 Å². The lowest BCUT2D eigenvalue weighted by molar-refractivity contribution is -0.301. The molecule has 1 fully saturated rings. The normalized spacial score (nSPS) is 18.2. The Morgan fingerprint density at radius 1 is 0.430 bits per heavy atom. The fourth-order valence-electron chi connectivity index (χ4n) is 9.64. The van der Waals surface area contributed by atoms with Crippen LogP contribution in [0.3, 0.4) is 0 Å². The number of esters is 3. The third kappa shape index (κ3) is 44.7. The van der Waals surface area contributed by atoms with Crippen molar-refractivity contribution in [3.63, 3.8) is 0 Å². The maximum Gasteiger partial charge on any atom is 0.335 e. The van der Waals surface area contributed by atoms with E-state index in [4.69, 9.17) is 23.7 Å². The fourth-order valence-corrected chi connectivity index (χ4v) is 9.64. The number of rotatable bonds is 55. The van der Waals surface area contributed by atoms with Crippen LogP contribution in [0.25, 0.3) is 0 Å². The van der Waals surface area contributed by atoms with Crippen molar-refractivity contribution in [1.82, 2.24) is 0 Å². The van der Waals surface area contributed by atoms with Gasteiger partial charge < -0.3 is 39.0 Å². The second kappa shape index (κ2) is 55.0. The zero-order valence-electron chi connectivity index (χ0n) is 50.4. The molecule has 0 aliphatic carbocycles. The zero-order chi connectivity index (χ0) is 57.5. The summed E-state index contributed by atoms with van der Waals surface area (Å²) < 4.78 is 28.5. The molecule has 0 spiro atoms. The average molecular weight is 1110 g/mol. The van der Waals surface area contributed by atoms with Crippen LogP contribution in [0.2, 0.25) is 0 Å². The highest BCUT2D eigenvalue weighted by Gasteiger charge is 2.50. The van der Waals surface area contributed by atoms with Crippen molar-refractivity contribution in [2.45, 2.75) is 327 Å². The van der Waals surface area contributed by atoms with E-state index >= 15 is 0 Å². The highest BCUT2D eigenvalue weighted by Crippen LogP contribution is 2.27. The molecule has 0 bridgehead atoms. The smallest absolute Gasteiger partial charge is 0.335 e. The summed E-state index contributed by atoms with van der Waals surface area (Å²) in [5, 5.41) is 31.5. The van der Waals surface area contributed by atoms with Gasteiger partial charge in [0, 0.05) is 19.3 Å². The minimum atomic E-state index is -1.91. The molecule has 0 aromatic carbocycles. The number of unbranched alkanes of at least 4 members (excludes halogenated alkanes) is 31. The van der Waals surface area contributed by atoms with E-state index in [-0.39, 0.29) is 25.9 Å². The van der Waals surface area contributed by atoms with Gasteiger partial charge in [0.1, 0.15) is 18.8 Å². The van der Waals surface area contributed by atoms with E-state index in [1.54, 1.807) is 0 Å². The van der Waals surface area contributed by atoms with Crippen molar-refractivity contribution in [1.29, 1.82) is 0 Å². The van der Waals surface area contributed by atoms with Crippen LogP contribution in [-0.4, -0.2) is 89.2 Å². The second-order valence-corrected chi connectivity index (χ2v) is 22.0. The topological polar surface area (TPSA) is 175 Å². The Kier molecular flexibility index (Phi) is 51.1. The molecule has 1 aliphatic heterocycles. The van der Waals surface area contributed by atoms with Gasteiger partial charge in [0.25, 0.3) is 0 Å². The fraction of sp³-hybridized carbons (Fsp3) is 0.791. The summed E-state index contributed by atoms with van der Waals surface area (Å²) in [6.07, 6.45) is 56.2. The van der Waals surface area contributed by atoms with Gasteiger partial charge in [-0.15, -0.1) is 0 Å². The van der Waals surface area contributed by atoms with Gasteiger partial charge in [-0.05, 0) is 77.0 Å². The third-order valence-corrected chi connectivity index (χ3v) is 14.6. The number of carbonyl (C=O) groups excluding carboxylic acids is 3. The summed E-state index contributed by atoms with van der Waals surface area (Å²) in [6, 6.07) is 0.